The molecule has 1 fully saturated rings. The molecule has 6 heteroatoms. The van der Waals surface area contributed by atoms with Crippen LogP contribution in [0.25, 0.3) is 0 Å². The lowest BCUT2D eigenvalue weighted by Gasteiger charge is -2.40. The lowest BCUT2D eigenvalue weighted by Crippen LogP contribution is -2.45. The van der Waals surface area contributed by atoms with E-state index in [0.29, 0.717) is 24.7 Å². The molecule has 0 radical (unpaired) electrons. The molecule has 236 valence electrons. The molecule has 0 spiro atoms. The number of hydrogen-bond donors (Lipinski definition) is 0. The van der Waals surface area contributed by atoms with Crippen LogP contribution in [0.2, 0.25) is 36.3 Å². The van der Waals surface area contributed by atoms with Crippen LogP contribution in [0.15, 0.2) is 48.6 Å². The summed E-state index contributed by atoms with van der Waals surface area (Å²) in [7, 11) is -2.47. The van der Waals surface area contributed by atoms with Crippen LogP contribution in [0.1, 0.15) is 99.8 Å². The summed E-state index contributed by atoms with van der Waals surface area (Å²) in [5.41, 5.74) is 0. The Morgan fingerprint density at radius 2 is 1.41 bits per heavy atom. The molecular formula is C35H64O4Si2. The third-order valence-corrected chi connectivity index (χ3v) is 18.4. The minimum Gasteiger partial charge on any atom is -0.469 e. The number of carbonyl (C=O) groups excluding carboxylic acids is 1. The number of ether oxygens (including phenoxy) is 1. The molecule has 0 aromatic rings. The zero-order chi connectivity index (χ0) is 31.3. The van der Waals surface area contributed by atoms with Gasteiger partial charge in [0, 0.05) is 12.3 Å². The molecule has 1 aliphatic carbocycles. The molecule has 41 heavy (non-hydrogen) atoms. The number of carbonyl (C=O) groups is 1. The Bertz CT molecular complexity index is 887. The van der Waals surface area contributed by atoms with Crippen LogP contribution in [0, 0.1) is 11.8 Å². The first-order chi connectivity index (χ1) is 18.9. The van der Waals surface area contributed by atoms with E-state index < -0.39 is 16.6 Å². The summed E-state index contributed by atoms with van der Waals surface area (Å²) >= 11 is 0. The van der Waals surface area contributed by atoms with E-state index in [1.807, 2.05) is 0 Å². The van der Waals surface area contributed by atoms with Gasteiger partial charge in [-0.3, -0.25) is 4.79 Å². The normalized spacial score (nSPS) is 22.1. The molecule has 0 amide bonds. The summed E-state index contributed by atoms with van der Waals surface area (Å²) < 4.78 is 18.8. The lowest BCUT2D eigenvalue weighted by molar-refractivity contribution is -0.141. The van der Waals surface area contributed by atoms with E-state index in [0.717, 1.165) is 32.1 Å². The molecule has 0 aliphatic heterocycles. The molecular weight excluding hydrogens is 541 g/mol. The summed E-state index contributed by atoms with van der Waals surface area (Å²) in [5.74, 6) is 0.704. The van der Waals surface area contributed by atoms with Crippen molar-refractivity contribution in [1.29, 1.82) is 0 Å². The highest BCUT2D eigenvalue weighted by Crippen LogP contribution is 2.44. The van der Waals surface area contributed by atoms with Gasteiger partial charge >= 0.3 is 5.97 Å². The van der Waals surface area contributed by atoms with E-state index in [4.69, 9.17) is 13.6 Å². The highest BCUT2D eigenvalue weighted by Gasteiger charge is 2.44. The van der Waals surface area contributed by atoms with E-state index in [2.05, 4.69) is 123 Å². The van der Waals surface area contributed by atoms with Crippen molar-refractivity contribution < 1.29 is 18.4 Å². The van der Waals surface area contributed by atoms with Gasteiger partial charge in [0.05, 0.1) is 19.3 Å². The predicted molar refractivity (Wildman–Crippen MR) is 182 cm³/mol. The van der Waals surface area contributed by atoms with Gasteiger partial charge in [0.15, 0.2) is 16.6 Å². The number of methoxy groups -OCH3 is 1. The van der Waals surface area contributed by atoms with Crippen LogP contribution in [0.3, 0.4) is 0 Å². The molecule has 0 aromatic carbocycles. The molecule has 1 saturated carbocycles. The van der Waals surface area contributed by atoms with Gasteiger partial charge < -0.3 is 13.6 Å². The van der Waals surface area contributed by atoms with Gasteiger partial charge in [-0.15, -0.1) is 0 Å². The number of esters is 1. The van der Waals surface area contributed by atoms with Crippen molar-refractivity contribution in [2.75, 3.05) is 7.11 Å². The fourth-order valence-corrected chi connectivity index (χ4v) is 7.35. The van der Waals surface area contributed by atoms with Gasteiger partial charge in [-0.25, -0.2) is 0 Å². The summed E-state index contributed by atoms with van der Waals surface area (Å²) in [6.45, 7) is 25.2. The maximum Gasteiger partial charge on any atom is 0.305 e. The fraction of sp³-hybridized carbons (Fsp3) is 0.743. The standard InChI is InChI=1S/C35H64O4Si2/c1-13-14-15-16-17-18-19-20-21-22-29-23-27-32(39-41(11,12)35(5,6)7)31(29)26-24-30(25-28-33(36)37-8)38-40(9,10)34(2,3)4/h14-15,17-18,20-21,24,26,29-32H,13,16,19,22-23,25,27-28H2,1-12H3/b15-14-,18-17-,21-20-,26-24+/t29-,30-,31-,32-/m0/s1. The Morgan fingerprint density at radius 1 is 0.854 bits per heavy atom. The van der Waals surface area contributed by atoms with E-state index >= 15 is 0 Å². The number of hydrogen-bond acceptors (Lipinski definition) is 4. The van der Waals surface area contributed by atoms with Gasteiger partial charge in [0.1, 0.15) is 0 Å². The maximum atomic E-state index is 12.0. The lowest BCUT2D eigenvalue weighted by atomic mass is 9.90. The van der Waals surface area contributed by atoms with Crippen molar-refractivity contribution in [1.82, 2.24) is 0 Å². The van der Waals surface area contributed by atoms with Gasteiger partial charge in [-0.2, -0.15) is 0 Å². The van der Waals surface area contributed by atoms with Crippen LogP contribution < -0.4 is 0 Å². The minimum atomic E-state index is -2.02. The van der Waals surface area contributed by atoms with E-state index in [9.17, 15) is 4.79 Å². The largest absolute Gasteiger partial charge is 0.469 e. The molecule has 0 unspecified atom stereocenters. The molecule has 0 heterocycles. The Hall–Kier alpha value is -1.22. The quantitative estimate of drug-likeness (QED) is 0.0998. The minimum absolute atomic E-state index is 0.0970. The van der Waals surface area contributed by atoms with Crippen molar-refractivity contribution in [2.45, 2.75) is 148 Å². The first-order valence-corrected chi connectivity index (χ1v) is 21.8. The van der Waals surface area contributed by atoms with Gasteiger partial charge in [0.2, 0.25) is 0 Å². The highest BCUT2D eigenvalue weighted by atomic mass is 28.4. The Labute approximate surface area is 256 Å². The van der Waals surface area contributed by atoms with E-state index in [1.165, 1.54) is 13.5 Å². The van der Waals surface area contributed by atoms with Crippen molar-refractivity contribution in [3.05, 3.63) is 48.6 Å². The second-order valence-corrected chi connectivity index (χ2v) is 24.3. The van der Waals surface area contributed by atoms with Crippen LogP contribution >= 0.6 is 0 Å². The van der Waals surface area contributed by atoms with Crippen molar-refractivity contribution in [3.8, 4) is 0 Å². The molecule has 0 saturated heterocycles. The molecule has 0 N–H and O–H groups in total. The first-order valence-electron chi connectivity index (χ1n) is 16.0. The summed E-state index contributed by atoms with van der Waals surface area (Å²) in [6.07, 6.45) is 25.8. The summed E-state index contributed by atoms with van der Waals surface area (Å²) in [4.78, 5) is 12.0. The van der Waals surface area contributed by atoms with Crippen molar-refractivity contribution in [2.24, 2.45) is 11.8 Å². The van der Waals surface area contributed by atoms with Crippen LogP contribution in [-0.2, 0) is 18.4 Å². The van der Waals surface area contributed by atoms with Crippen LogP contribution in [0.5, 0.6) is 0 Å². The molecule has 1 aliphatic rings. The average molecular weight is 605 g/mol. The second-order valence-electron chi connectivity index (χ2n) is 14.8. The first kappa shape index (κ1) is 37.8. The van der Waals surface area contributed by atoms with Crippen molar-refractivity contribution in [3.63, 3.8) is 0 Å². The monoisotopic (exact) mass is 604 g/mol. The maximum absolute atomic E-state index is 12.0. The third kappa shape index (κ3) is 13.3. The fourth-order valence-electron chi connectivity index (χ4n) is 4.66. The van der Waals surface area contributed by atoms with E-state index in [1.54, 1.807) is 0 Å². The zero-order valence-corrected chi connectivity index (χ0v) is 30.7. The van der Waals surface area contributed by atoms with Gasteiger partial charge in [-0.1, -0.05) is 97.1 Å². The Kier molecular flexibility index (Phi) is 15.8. The topological polar surface area (TPSA) is 44.8 Å². The average Bonchev–Trinajstić information content (AvgIpc) is 3.23. The number of allylic oxidation sites excluding steroid dienone is 6. The third-order valence-electron chi connectivity index (χ3n) is 9.43. The van der Waals surface area contributed by atoms with Gasteiger partial charge in [-0.05, 0) is 87.1 Å². The molecule has 0 aromatic heterocycles. The van der Waals surface area contributed by atoms with Crippen LogP contribution in [0.4, 0.5) is 0 Å². The predicted octanol–water partition coefficient (Wildman–Crippen LogP) is 10.6. The second kappa shape index (κ2) is 17.2. The molecule has 0 bridgehead atoms. The van der Waals surface area contributed by atoms with Crippen molar-refractivity contribution >= 4 is 22.6 Å². The molecule has 4 nitrogen and oxygen atoms in total. The molecule has 4 atom stereocenters. The molecule has 1 rings (SSSR count). The smallest absolute Gasteiger partial charge is 0.305 e. The highest BCUT2D eigenvalue weighted by molar-refractivity contribution is 6.74. The van der Waals surface area contributed by atoms with Crippen LogP contribution in [-0.4, -0.2) is 41.9 Å². The van der Waals surface area contributed by atoms with E-state index in [-0.39, 0.29) is 28.3 Å². The zero-order valence-electron chi connectivity index (χ0n) is 28.7. The Morgan fingerprint density at radius 3 is 1.95 bits per heavy atom. The number of rotatable bonds is 16. The SMILES string of the molecule is CC/C=C\C/C=C\C/C=C\C[C@H]1CC[C@H](O[Si](C)(C)C(C)(C)C)[C@H]1/C=C/[C@@H](CCC(=O)OC)O[Si](C)(C)C(C)(C)C. The summed E-state index contributed by atoms with van der Waals surface area (Å²) in [6, 6.07) is 0. The Balaban J connectivity index is 3.15. The summed E-state index contributed by atoms with van der Waals surface area (Å²) in [5, 5.41) is 0.270. The van der Waals surface area contributed by atoms with Gasteiger partial charge in [0.25, 0.3) is 0 Å².